The second-order valence-electron chi connectivity index (χ2n) is 3.75. The van der Waals surface area contributed by atoms with Crippen LogP contribution in [0.15, 0.2) is 35.5 Å². The van der Waals surface area contributed by atoms with Crippen LogP contribution in [0.3, 0.4) is 0 Å². The minimum Gasteiger partial charge on any atom is -0.323 e. The van der Waals surface area contributed by atoms with Gasteiger partial charge in [0.1, 0.15) is 5.82 Å². The van der Waals surface area contributed by atoms with Crippen LogP contribution in [0, 0.1) is 5.82 Å². The molecule has 0 bridgehead atoms. The molecule has 0 radical (unpaired) electrons. The van der Waals surface area contributed by atoms with Crippen molar-refractivity contribution in [1.29, 1.82) is 0 Å². The Kier molecular flexibility index (Phi) is 2.64. The van der Waals surface area contributed by atoms with Crippen molar-refractivity contribution in [2.24, 2.45) is 10.7 Å². The maximum absolute atomic E-state index is 12.7. The molecule has 0 saturated heterocycles. The van der Waals surface area contributed by atoms with E-state index in [1.54, 1.807) is 12.1 Å². The van der Waals surface area contributed by atoms with E-state index < -0.39 is 0 Å². The van der Waals surface area contributed by atoms with Crippen LogP contribution in [-0.4, -0.2) is 11.8 Å². The summed E-state index contributed by atoms with van der Waals surface area (Å²) in [5.41, 5.74) is 8.83. The topological polar surface area (TPSA) is 38.4 Å². The zero-order chi connectivity index (χ0) is 10.8. The minimum absolute atomic E-state index is 0.0146. The number of nitrogens with zero attached hydrogens (tertiary/aromatic N) is 1. The molecule has 1 aromatic carbocycles. The Labute approximate surface area is 88.3 Å². The van der Waals surface area contributed by atoms with Crippen LogP contribution in [0.5, 0.6) is 0 Å². The fourth-order valence-electron chi connectivity index (χ4n) is 1.57. The molecule has 1 heterocycles. The van der Waals surface area contributed by atoms with Crippen molar-refractivity contribution in [2.75, 3.05) is 0 Å². The summed E-state index contributed by atoms with van der Waals surface area (Å²) in [6.45, 7) is 1.92. The van der Waals surface area contributed by atoms with Gasteiger partial charge < -0.3 is 5.73 Å². The van der Waals surface area contributed by atoms with Crippen LogP contribution in [0.1, 0.15) is 18.9 Å². The number of hydrogen-bond donors (Lipinski definition) is 1. The van der Waals surface area contributed by atoms with Crippen LogP contribution in [0.4, 0.5) is 4.39 Å². The van der Waals surface area contributed by atoms with Gasteiger partial charge in [-0.15, -0.1) is 0 Å². The summed E-state index contributed by atoms with van der Waals surface area (Å²) in [6.07, 6.45) is 2.58. The number of allylic oxidation sites excluding steroid dienone is 1. The van der Waals surface area contributed by atoms with Crippen LogP contribution >= 0.6 is 0 Å². The van der Waals surface area contributed by atoms with Crippen LogP contribution < -0.4 is 5.73 Å². The largest absolute Gasteiger partial charge is 0.323 e. The van der Waals surface area contributed by atoms with E-state index in [2.05, 4.69) is 4.99 Å². The van der Waals surface area contributed by atoms with Gasteiger partial charge in [0.15, 0.2) is 0 Å². The van der Waals surface area contributed by atoms with Crippen molar-refractivity contribution in [3.05, 3.63) is 41.8 Å². The number of aliphatic imine (C=N–C) groups is 1. The lowest BCUT2D eigenvalue weighted by Gasteiger charge is -2.06. The predicted octanol–water partition coefficient (Wildman–Crippen LogP) is 2.36. The molecule has 2 nitrogen and oxygen atoms in total. The normalized spacial score (nSPS) is 17.3. The van der Waals surface area contributed by atoms with Crippen molar-refractivity contribution < 1.29 is 4.39 Å². The van der Waals surface area contributed by atoms with Gasteiger partial charge in [0.05, 0.1) is 0 Å². The Morgan fingerprint density at radius 3 is 2.53 bits per heavy atom. The van der Waals surface area contributed by atoms with Gasteiger partial charge in [0.25, 0.3) is 0 Å². The number of hydrogen-bond acceptors (Lipinski definition) is 2. The average molecular weight is 204 g/mol. The fraction of sp³-hybridized carbons (Fsp3) is 0.250. The highest BCUT2D eigenvalue weighted by Crippen LogP contribution is 2.24. The molecule has 0 aliphatic carbocycles. The summed E-state index contributed by atoms with van der Waals surface area (Å²) in [7, 11) is 0. The molecular weight excluding hydrogens is 191 g/mol. The minimum atomic E-state index is -0.217. The zero-order valence-corrected chi connectivity index (χ0v) is 8.57. The quantitative estimate of drug-likeness (QED) is 0.789. The standard InChI is InChI=1S/C12H13FN2/c1-8(14)12-6-10(7-15-12)9-2-4-11(13)5-3-9/h2-5,7-8H,6,14H2,1H3/t8-/m0/s1. The van der Waals surface area contributed by atoms with E-state index in [0.717, 1.165) is 23.3 Å². The van der Waals surface area contributed by atoms with Gasteiger partial charge in [0, 0.05) is 24.4 Å². The maximum atomic E-state index is 12.7. The summed E-state index contributed by atoms with van der Waals surface area (Å²) in [5.74, 6) is -0.217. The Morgan fingerprint density at radius 2 is 2.00 bits per heavy atom. The summed E-state index contributed by atoms with van der Waals surface area (Å²) in [4.78, 5) is 4.25. The highest BCUT2D eigenvalue weighted by molar-refractivity contribution is 6.01. The van der Waals surface area contributed by atoms with Crippen molar-refractivity contribution >= 4 is 11.3 Å². The van der Waals surface area contributed by atoms with E-state index >= 15 is 0 Å². The first-order valence-corrected chi connectivity index (χ1v) is 4.94. The summed E-state index contributed by atoms with van der Waals surface area (Å²) < 4.78 is 12.7. The molecule has 3 heteroatoms. The van der Waals surface area contributed by atoms with Crippen molar-refractivity contribution in [3.8, 4) is 0 Å². The molecule has 0 saturated carbocycles. The fourth-order valence-corrected chi connectivity index (χ4v) is 1.57. The lowest BCUT2D eigenvalue weighted by Crippen LogP contribution is -2.25. The third-order valence-electron chi connectivity index (χ3n) is 2.50. The number of nitrogens with two attached hydrogens (primary N) is 1. The van der Waals surface area contributed by atoms with Gasteiger partial charge in [0.2, 0.25) is 0 Å². The molecule has 1 aliphatic rings. The van der Waals surface area contributed by atoms with E-state index in [1.807, 2.05) is 13.1 Å². The highest BCUT2D eigenvalue weighted by Gasteiger charge is 2.14. The Bertz CT molecular complexity index is 416. The average Bonchev–Trinajstić information content (AvgIpc) is 2.68. The first-order valence-electron chi connectivity index (χ1n) is 4.94. The molecule has 0 spiro atoms. The lowest BCUT2D eigenvalue weighted by atomic mass is 10.0. The van der Waals surface area contributed by atoms with Crippen LogP contribution in [0.2, 0.25) is 0 Å². The van der Waals surface area contributed by atoms with Crippen LogP contribution in [-0.2, 0) is 0 Å². The summed E-state index contributed by atoms with van der Waals surface area (Å²) >= 11 is 0. The smallest absolute Gasteiger partial charge is 0.123 e. The second-order valence-corrected chi connectivity index (χ2v) is 3.75. The van der Waals surface area contributed by atoms with Crippen molar-refractivity contribution in [2.45, 2.75) is 19.4 Å². The molecule has 0 aromatic heterocycles. The molecule has 0 fully saturated rings. The first kappa shape index (κ1) is 10.1. The van der Waals surface area contributed by atoms with Gasteiger partial charge in [-0.25, -0.2) is 4.39 Å². The van der Waals surface area contributed by atoms with Gasteiger partial charge in [-0.2, -0.15) is 0 Å². The zero-order valence-electron chi connectivity index (χ0n) is 8.57. The molecule has 1 aliphatic heterocycles. The van der Waals surface area contributed by atoms with E-state index in [9.17, 15) is 4.39 Å². The number of halogens is 1. The summed E-state index contributed by atoms with van der Waals surface area (Å²) in [6, 6.07) is 6.43. The third kappa shape index (κ3) is 2.13. The number of benzene rings is 1. The molecule has 78 valence electrons. The molecule has 1 atom stereocenters. The summed E-state index contributed by atoms with van der Waals surface area (Å²) in [5, 5.41) is 0. The van der Waals surface area contributed by atoms with E-state index in [-0.39, 0.29) is 11.9 Å². The lowest BCUT2D eigenvalue weighted by molar-refractivity contribution is 0.627. The van der Waals surface area contributed by atoms with Gasteiger partial charge >= 0.3 is 0 Å². The second kappa shape index (κ2) is 3.95. The molecule has 1 aromatic rings. The molecule has 0 unspecified atom stereocenters. The first-order chi connectivity index (χ1) is 7.16. The Balaban J connectivity index is 2.14. The molecule has 0 amide bonds. The Morgan fingerprint density at radius 1 is 1.33 bits per heavy atom. The Hall–Kier alpha value is -1.48. The van der Waals surface area contributed by atoms with Gasteiger partial charge in [-0.1, -0.05) is 12.1 Å². The van der Waals surface area contributed by atoms with Gasteiger partial charge in [-0.3, -0.25) is 4.99 Å². The predicted molar refractivity (Wildman–Crippen MR) is 60.1 cm³/mol. The highest BCUT2D eigenvalue weighted by atomic mass is 19.1. The monoisotopic (exact) mass is 204 g/mol. The molecule has 15 heavy (non-hydrogen) atoms. The van der Waals surface area contributed by atoms with Gasteiger partial charge in [-0.05, 0) is 30.2 Å². The van der Waals surface area contributed by atoms with E-state index in [1.165, 1.54) is 12.1 Å². The maximum Gasteiger partial charge on any atom is 0.123 e. The van der Waals surface area contributed by atoms with Crippen molar-refractivity contribution in [1.82, 2.24) is 0 Å². The van der Waals surface area contributed by atoms with E-state index in [4.69, 9.17) is 5.73 Å². The number of rotatable bonds is 2. The molecular formula is C12H13FN2. The SMILES string of the molecule is C[C@H](N)C1=NC=C(c2ccc(F)cc2)C1. The third-order valence-corrected chi connectivity index (χ3v) is 2.50. The molecule has 2 rings (SSSR count). The molecule has 2 N–H and O–H groups in total. The van der Waals surface area contributed by atoms with Crippen LogP contribution in [0.25, 0.3) is 5.57 Å². The van der Waals surface area contributed by atoms with E-state index in [0.29, 0.717) is 0 Å². The van der Waals surface area contributed by atoms with Crippen molar-refractivity contribution in [3.63, 3.8) is 0 Å².